The van der Waals surface area contributed by atoms with Crippen molar-refractivity contribution in [1.29, 1.82) is 0 Å². The summed E-state index contributed by atoms with van der Waals surface area (Å²) in [6, 6.07) is 8.07. The Hall–Kier alpha value is -2.16. The third kappa shape index (κ3) is 7.98. The first kappa shape index (κ1) is 25.5. The number of aliphatic hydroxyl groups is 1. The fourth-order valence-electron chi connectivity index (χ4n) is 3.69. The topological polar surface area (TPSA) is 95.0 Å². The van der Waals surface area contributed by atoms with Crippen molar-refractivity contribution in [3.63, 3.8) is 0 Å². The third-order valence-electron chi connectivity index (χ3n) is 5.68. The number of halogens is 1. The molecule has 0 saturated heterocycles. The lowest BCUT2D eigenvalue weighted by Gasteiger charge is -2.29. The second kappa shape index (κ2) is 10.8. The van der Waals surface area contributed by atoms with E-state index in [1.54, 1.807) is 0 Å². The van der Waals surface area contributed by atoms with Gasteiger partial charge in [0.15, 0.2) is 0 Å². The first-order valence-corrected chi connectivity index (χ1v) is 12.2. The van der Waals surface area contributed by atoms with Crippen molar-refractivity contribution >= 4 is 33.2 Å². The molecule has 7 nitrogen and oxygen atoms in total. The molecule has 0 radical (unpaired) electrons. The van der Waals surface area contributed by atoms with Gasteiger partial charge < -0.3 is 20.5 Å². The van der Waals surface area contributed by atoms with E-state index in [4.69, 9.17) is 4.74 Å². The molecular formula is C25H35BrN4O3. The Labute approximate surface area is 204 Å². The highest BCUT2D eigenvalue weighted by Gasteiger charge is 2.23. The van der Waals surface area contributed by atoms with E-state index in [1.165, 1.54) is 0 Å². The molecule has 3 rings (SSSR count). The fourth-order valence-corrected chi connectivity index (χ4v) is 4.10. The van der Waals surface area contributed by atoms with Crippen LogP contribution in [0.2, 0.25) is 0 Å². The lowest BCUT2D eigenvalue weighted by atomic mass is 9.94. The van der Waals surface area contributed by atoms with E-state index in [0.717, 1.165) is 29.1 Å². The maximum atomic E-state index is 11.4. The highest BCUT2D eigenvalue weighted by atomic mass is 79.9. The first-order valence-electron chi connectivity index (χ1n) is 11.4. The molecule has 2 aliphatic rings. The Bertz CT molecular complexity index is 922. The number of benzene rings is 1. The number of allylic oxidation sites excluding steroid dienone is 3. The molecule has 8 heteroatoms. The zero-order valence-electron chi connectivity index (χ0n) is 19.8. The fraction of sp³-hybridized carbons (Fsp3) is 0.520. The van der Waals surface area contributed by atoms with Gasteiger partial charge in [0.05, 0.1) is 5.71 Å². The molecule has 0 aromatic heterocycles. The second-order valence-electron chi connectivity index (χ2n) is 9.73. The standard InChI is InChI=1S/C25H35BrN4O3/c1-17-12-22(32)29-30-23(17)18-7-9-19(10-8-18)27-16-24(2,3)28-14-20(31)15-33-21-6-5-11-25(4,26)13-21/h5-10,13,17,20,27-28,31H,11-12,14-16H2,1-4H3,(H,29,32)/t17-,20+,25?/m1/s1. The van der Waals surface area contributed by atoms with Crippen molar-refractivity contribution in [3.8, 4) is 0 Å². The summed E-state index contributed by atoms with van der Waals surface area (Å²) in [5.74, 6) is 0.839. The minimum absolute atomic E-state index is 0.0409. The number of amides is 1. The molecule has 4 N–H and O–H groups in total. The maximum Gasteiger partial charge on any atom is 0.240 e. The lowest BCUT2D eigenvalue weighted by Crippen LogP contribution is -2.48. The Balaban J connectivity index is 1.42. The molecule has 1 aliphatic carbocycles. The number of alkyl halides is 1. The molecule has 0 bridgehead atoms. The molecule has 0 fully saturated rings. The maximum absolute atomic E-state index is 11.4. The summed E-state index contributed by atoms with van der Waals surface area (Å²) < 4.78 is 5.66. The van der Waals surface area contributed by atoms with E-state index < -0.39 is 6.10 Å². The van der Waals surface area contributed by atoms with Gasteiger partial charge in [-0.25, -0.2) is 5.43 Å². The van der Waals surface area contributed by atoms with Crippen LogP contribution in [0.5, 0.6) is 0 Å². The van der Waals surface area contributed by atoms with Crippen LogP contribution in [0.3, 0.4) is 0 Å². The summed E-state index contributed by atoms with van der Waals surface area (Å²) in [7, 11) is 0. The van der Waals surface area contributed by atoms with E-state index in [2.05, 4.69) is 63.9 Å². The minimum Gasteiger partial charge on any atom is -0.491 e. The van der Waals surface area contributed by atoms with Crippen LogP contribution in [0.4, 0.5) is 5.69 Å². The quantitative estimate of drug-likeness (QED) is 0.354. The van der Waals surface area contributed by atoms with Gasteiger partial charge in [-0.2, -0.15) is 5.10 Å². The monoisotopic (exact) mass is 518 g/mol. The molecule has 0 spiro atoms. The number of rotatable bonds is 10. The SMILES string of the molecule is C[C@@H]1CC(=O)NN=C1c1ccc(NCC(C)(C)NC[C@H](O)COC2=CC(C)(Br)CC=C2)cc1. The van der Waals surface area contributed by atoms with Gasteiger partial charge in [0.1, 0.15) is 18.5 Å². The van der Waals surface area contributed by atoms with Crippen LogP contribution < -0.4 is 16.1 Å². The Kier molecular flexibility index (Phi) is 8.37. The van der Waals surface area contributed by atoms with Gasteiger partial charge in [-0.15, -0.1) is 0 Å². The zero-order valence-corrected chi connectivity index (χ0v) is 21.4. The largest absolute Gasteiger partial charge is 0.491 e. The van der Waals surface area contributed by atoms with Gasteiger partial charge in [0.2, 0.25) is 5.91 Å². The number of anilines is 1. The van der Waals surface area contributed by atoms with Crippen molar-refractivity contribution in [2.75, 3.05) is 25.0 Å². The molecule has 1 unspecified atom stereocenters. The van der Waals surface area contributed by atoms with E-state index >= 15 is 0 Å². The van der Waals surface area contributed by atoms with E-state index in [9.17, 15) is 9.90 Å². The number of nitrogens with zero attached hydrogens (tertiary/aromatic N) is 1. The molecule has 3 atom stereocenters. The Morgan fingerprint density at radius 3 is 2.76 bits per heavy atom. The van der Waals surface area contributed by atoms with Gasteiger partial charge in [-0.1, -0.05) is 41.1 Å². The van der Waals surface area contributed by atoms with Gasteiger partial charge >= 0.3 is 0 Å². The van der Waals surface area contributed by atoms with Crippen molar-refractivity contribution in [1.82, 2.24) is 10.7 Å². The lowest BCUT2D eigenvalue weighted by molar-refractivity contribution is -0.121. The highest BCUT2D eigenvalue weighted by molar-refractivity contribution is 9.10. The molecule has 1 amide bonds. The predicted octanol–water partition coefficient (Wildman–Crippen LogP) is 3.70. The number of nitrogens with one attached hydrogen (secondary N) is 3. The summed E-state index contributed by atoms with van der Waals surface area (Å²) in [4.78, 5) is 11.4. The van der Waals surface area contributed by atoms with Crippen molar-refractivity contribution in [3.05, 3.63) is 53.8 Å². The number of β-amino-alcohol motifs (C(OH)–C–C–N with tert-alkyl or cyclic N) is 1. The van der Waals surface area contributed by atoms with Gasteiger partial charge in [0.25, 0.3) is 0 Å². The van der Waals surface area contributed by atoms with E-state index in [-0.39, 0.29) is 28.3 Å². The summed E-state index contributed by atoms with van der Waals surface area (Å²) in [5.41, 5.74) is 5.24. The molecule has 1 aromatic carbocycles. The highest BCUT2D eigenvalue weighted by Crippen LogP contribution is 2.29. The van der Waals surface area contributed by atoms with Crippen molar-refractivity contribution in [2.45, 2.75) is 56.5 Å². The molecule has 33 heavy (non-hydrogen) atoms. The van der Waals surface area contributed by atoms with Gasteiger partial charge in [0, 0.05) is 41.0 Å². The predicted molar refractivity (Wildman–Crippen MR) is 137 cm³/mol. The van der Waals surface area contributed by atoms with Crippen LogP contribution in [0.25, 0.3) is 0 Å². The Morgan fingerprint density at radius 1 is 1.36 bits per heavy atom. The van der Waals surface area contributed by atoms with Crippen molar-refractivity contribution < 1.29 is 14.6 Å². The number of aliphatic hydroxyl groups excluding tert-OH is 1. The number of hydrogen-bond donors (Lipinski definition) is 4. The first-order chi connectivity index (χ1) is 15.5. The smallest absolute Gasteiger partial charge is 0.240 e. The summed E-state index contributed by atoms with van der Waals surface area (Å²) in [5, 5.41) is 21.4. The molecule has 1 aliphatic heterocycles. The van der Waals surface area contributed by atoms with E-state index in [0.29, 0.717) is 19.5 Å². The van der Waals surface area contributed by atoms with Crippen LogP contribution in [-0.2, 0) is 9.53 Å². The average molecular weight is 519 g/mol. The zero-order chi connectivity index (χ0) is 24.1. The molecule has 180 valence electrons. The third-order valence-corrected chi connectivity index (χ3v) is 6.23. The average Bonchev–Trinajstić information content (AvgIpc) is 2.75. The summed E-state index contributed by atoms with van der Waals surface area (Å²) >= 11 is 3.65. The van der Waals surface area contributed by atoms with Gasteiger partial charge in [-0.3, -0.25) is 4.79 Å². The van der Waals surface area contributed by atoms with Crippen LogP contribution >= 0.6 is 15.9 Å². The van der Waals surface area contributed by atoms with Crippen LogP contribution in [0.15, 0.2) is 53.4 Å². The minimum atomic E-state index is -0.611. The number of carbonyl (C=O) groups excluding carboxylic acids is 1. The van der Waals surface area contributed by atoms with Crippen molar-refractivity contribution in [2.24, 2.45) is 11.0 Å². The number of hydrazone groups is 1. The van der Waals surface area contributed by atoms with Crippen LogP contribution in [0.1, 0.15) is 46.1 Å². The van der Waals surface area contributed by atoms with Crippen LogP contribution in [-0.4, -0.2) is 52.4 Å². The normalized spacial score (nSPS) is 23.9. The molecule has 1 heterocycles. The summed E-state index contributed by atoms with van der Waals surface area (Å²) in [6.45, 7) is 9.63. The van der Waals surface area contributed by atoms with Crippen LogP contribution in [0, 0.1) is 5.92 Å². The molecule has 1 aromatic rings. The Morgan fingerprint density at radius 2 is 2.09 bits per heavy atom. The molecule has 0 saturated carbocycles. The van der Waals surface area contributed by atoms with E-state index in [1.807, 2.05) is 43.3 Å². The number of ether oxygens (including phenoxy) is 1. The number of hydrogen-bond acceptors (Lipinski definition) is 6. The van der Waals surface area contributed by atoms with Gasteiger partial charge in [-0.05, 0) is 57.0 Å². The number of carbonyl (C=O) groups is 1. The summed E-state index contributed by atoms with van der Waals surface area (Å²) in [6.07, 6.45) is 6.81. The molecular weight excluding hydrogens is 484 g/mol. The second-order valence-corrected chi connectivity index (χ2v) is 11.5.